The molecule has 1 heterocycles. The van der Waals surface area contributed by atoms with Crippen LogP contribution in [0.5, 0.6) is 0 Å². The zero-order valence-electron chi connectivity index (χ0n) is 12.3. The summed E-state index contributed by atoms with van der Waals surface area (Å²) in [5, 5.41) is 3.42. The molecule has 1 aliphatic heterocycles. The first-order chi connectivity index (χ1) is 9.63. The monoisotopic (exact) mass is 282 g/mol. The van der Waals surface area contributed by atoms with Crippen molar-refractivity contribution >= 4 is 0 Å². The van der Waals surface area contributed by atoms with Gasteiger partial charge in [-0.05, 0) is 51.0 Å². The van der Waals surface area contributed by atoms with E-state index in [1.807, 2.05) is 12.1 Å². The van der Waals surface area contributed by atoms with Crippen molar-refractivity contribution in [1.29, 1.82) is 0 Å². The van der Waals surface area contributed by atoms with Gasteiger partial charge in [-0.2, -0.15) is 0 Å². The smallest absolute Gasteiger partial charge is 0.263 e. The summed E-state index contributed by atoms with van der Waals surface area (Å²) in [5.41, 5.74) is 1.26. The van der Waals surface area contributed by atoms with Crippen LogP contribution < -0.4 is 5.32 Å². The third-order valence-electron chi connectivity index (χ3n) is 4.19. The Labute approximate surface area is 120 Å². The molecule has 1 aromatic rings. The summed E-state index contributed by atoms with van der Waals surface area (Å²) in [6.45, 7) is 5.14. The van der Waals surface area contributed by atoms with E-state index >= 15 is 0 Å². The SMILES string of the molecule is CCNCC1CCCN(C)C1c1ccc(C(F)F)cc1. The second-order valence-electron chi connectivity index (χ2n) is 5.60. The number of likely N-dealkylation sites (tertiary alicyclic amines) is 1. The van der Waals surface area contributed by atoms with Crippen LogP contribution in [-0.4, -0.2) is 31.6 Å². The molecule has 112 valence electrons. The predicted octanol–water partition coefficient (Wildman–Crippen LogP) is 3.62. The number of benzene rings is 1. The molecule has 2 atom stereocenters. The van der Waals surface area contributed by atoms with Crippen molar-refractivity contribution in [2.75, 3.05) is 26.7 Å². The van der Waals surface area contributed by atoms with Crippen LogP contribution in [0.25, 0.3) is 0 Å². The summed E-state index contributed by atoms with van der Waals surface area (Å²) in [4.78, 5) is 2.35. The lowest BCUT2D eigenvalue weighted by Crippen LogP contribution is -2.40. The average molecular weight is 282 g/mol. The van der Waals surface area contributed by atoms with E-state index in [2.05, 4.69) is 24.2 Å². The van der Waals surface area contributed by atoms with Gasteiger partial charge in [-0.3, -0.25) is 4.90 Å². The first-order valence-electron chi connectivity index (χ1n) is 7.42. The number of alkyl halides is 2. The lowest BCUT2D eigenvalue weighted by Gasteiger charge is -2.39. The van der Waals surface area contributed by atoms with Gasteiger partial charge >= 0.3 is 0 Å². The number of nitrogens with zero attached hydrogens (tertiary/aromatic N) is 1. The van der Waals surface area contributed by atoms with Crippen LogP contribution in [0.2, 0.25) is 0 Å². The molecule has 1 N–H and O–H groups in total. The van der Waals surface area contributed by atoms with Crippen molar-refractivity contribution in [2.24, 2.45) is 5.92 Å². The minimum atomic E-state index is -2.38. The largest absolute Gasteiger partial charge is 0.317 e. The Bertz CT molecular complexity index is 405. The highest BCUT2D eigenvalue weighted by Crippen LogP contribution is 2.35. The lowest BCUT2D eigenvalue weighted by atomic mass is 9.84. The van der Waals surface area contributed by atoms with Crippen molar-refractivity contribution in [3.8, 4) is 0 Å². The second-order valence-corrected chi connectivity index (χ2v) is 5.60. The van der Waals surface area contributed by atoms with Crippen LogP contribution >= 0.6 is 0 Å². The summed E-state index contributed by atoms with van der Waals surface area (Å²) < 4.78 is 25.3. The molecule has 20 heavy (non-hydrogen) atoms. The fraction of sp³-hybridized carbons (Fsp3) is 0.625. The van der Waals surface area contributed by atoms with Crippen molar-refractivity contribution in [3.05, 3.63) is 35.4 Å². The molecule has 0 saturated carbocycles. The standard InChI is InChI=1S/C16H24F2N2/c1-3-19-11-14-5-4-10-20(2)15(14)12-6-8-13(9-7-12)16(17)18/h6-9,14-16,19H,3-5,10-11H2,1-2H3. The van der Waals surface area contributed by atoms with Gasteiger partial charge in [0, 0.05) is 11.6 Å². The van der Waals surface area contributed by atoms with Gasteiger partial charge in [0.15, 0.2) is 0 Å². The highest BCUT2D eigenvalue weighted by Gasteiger charge is 2.30. The number of halogens is 2. The summed E-state index contributed by atoms with van der Waals surface area (Å²) in [6, 6.07) is 7.19. The van der Waals surface area contributed by atoms with E-state index in [0.717, 1.165) is 25.2 Å². The van der Waals surface area contributed by atoms with Gasteiger partial charge < -0.3 is 5.32 Å². The molecule has 2 rings (SSSR count). The third-order valence-corrected chi connectivity index (χ3v) is 4.19. The first-order valence-corrected chi connectivity index (χ1v) is 7.42. The summed E-state index contributed by atoms with van der Waals surface area (Å²) in [6.07, 6.45) is 0.0160. The molecule has 0 aliphatic carbocycles. The van der Waals surface area contributed by atoms with Crippen LogP contribution in [0.3, 0.4) is 0 Å². The van der Waals surface area contributed by atoms with Gasteiger partial charge in [0.2, 0.25) is 0 Å². The van der Waals surface area contributed by atoms with Crippen LogP contribution in [0.4, 0.5) is 8.78 Å². The van der Waals surface area contributed by atoms with E-state index in [4.69, 9.17) is 0 Å². The Morgan fingerprint density at radius 3 is 2.60 bits per heavy atom. The van der Waals surface area contributed by atoms with E-state index in [0.29, 0.717) is 12.0 Å². The van der Waals surface area contributed by atoms with Gasteiger partial charge in [-0.15, -0.1) is 0 Å². The maximum atomic E-state index is 12.6. The zero-order chi connectivity index (χ0) is 14.5. The Morgan fingerprint density at radius 2 is 2.00 bits per heavy atom. The topological polar surface area (TPSA) is 15.3 Å². The Morgan fingerprint density at radius 1 is 1.30 bits per heavy atom. The molecule has 0 bridgehead atoms. The molecule has 1 aromatic carbocycles. The van der Waals surface area contributed by atoms with Gasteiger partial charge in [0.25, 0.3) is 6.43 Å². The minimum Gasteiger partial charge on any atom is -0.317 e. The van der Waals surface area contributed by atoms with Crippen LogP contribution in [-0.2, 0) is 0 Å². The fourth-order valence-corrected chi connectivity index (χ4v) is 3.17. The Kier molecular flexibility index (Phi) is 5.49. The molecule has 0 radical (unpaired) electrons. The van der Waals surface area contributed by atoms with Gasteiger partial charge in [0.1, 0.15) is 0 Å². The molecular formula is C16H24F2N2. The maximum absolute atomic E-state index is 12.6. The van der Waals surface area contributed by atoms with Gasteiger partial charge in [-0.1, -0.05) is 31.2 Å². The van der Waals surface area contributed by atoms with Crippen molar-refractivity contribution in [3.63, 3.8) is 0 Å². The first kappa shape index (κ1) is 15.4. The zero-order valence-corrected chi connectivity index (χ0v) is 12.3. The van der Waals surface area contributed by atoms with E-state index < -0.39 is 6.43 Å². The average Bonchev–Trinajstić information content (AvgIpc) is 2.45. The minimum absolute atomic E-state index is 0.107. The lowest BCUT2D eigenvalue weighted by molar-refractivity contribution is 0.119. The molecule has 4 heteroatoms. The molecule has 1 saturated heterocycles. The number of rotatable bonds is 5. The summed E-state index contributed by atoms with van der Waals surface area (Å²) >= 11 is 0. The number of piperidine rings is 1. The van der Waals surface area contributed by atoms with Gasteiger partial charge in [-0.25, -0.2) is 8.78 Å². The maximum Gasteiger partial charge on any atom is 0.263 e. The second kappa shape index (κ2) is 7.14. The molecule has 0 spiro atoms. The molecule has 0 aromatic heterocycles. The summed E-state index contributed by atoms with van der Waals surface area (Å²) in [5.74, 6) is 0.547. The molecule has 1 fully saturated rings. The highest BCUT2D eigenvalue weighted by molar-refractivity contribution is 5.26. The molecule has 2 unspecified atom stereocenters. The van der Waals surface area contributed by atoms with Crippen LogP contribution in [0.15, 0.2) is 24.3 Å². The van der Waals surface area contributed by atoms with E-state index in [-0.39, 0.29) is 5.56 Å². The number of hydrogen-bond donors (Lipinski definition) is 1. The predicted molar refractivity (Wildman–Crippen MR) is 78.0 cm³/mol. The van der Waals surface area contributed by atoms with Crippen molar-refractivity contribution in [1.82, 2.24) is 10.2 Å². The quantitative estimate of drug-likeness (QED) is 0.887. The number of hydrogen-bond acceptors (Lipinski definition) is 2. The van der Waals surface area contributed by atoms with E-state index in [1.54, 1.807) is 12.1 Å². The third kappa shape index (κ3) is 3.55. The highest BCUT2D eigenvalue weighted by atomic mass is 19.3. The van der Waals surface area contributed by atoms with E-state index in [1.165, 1.54) is 12.8 Å². The normalized spacial score (nSPS) is 24.2. The Hall–Kier alpha value is -1.00. The van der Waals surface area contributed by atoms with Gasteiger partial charge in [0.05, 0.1) is 0 Å². The van der Waals surface area contributed by atoms with Crippen molar-refractivity contribution < 1.29 is 8.78 Å². The number of nitrogens with one attached hydrogen (secondary N) is 1. The molecular weight excluding hydrogens is 258 g/mol. The fourth-order valence-electron chi connectivity index (χ4n) is 3.17. The summed E-state index contributed by atoms with van der Waals surface area (Å²) in [7, 11) is 2.13. The van der Waals surface area contributed by atoms with Crippen LogP contribution in [0, 0.1) is 5.92 Å². The van der Waals surface area contributed by atoms with Crippen molar-refractivity contribution in [2.45, 2.75) is 32.2 Å². The van der Waals surface area contributed by atoms with Crippen LogP contribution in [0.1, 0.15) is 43.4 Å². The molecule has 2 nitrogen and oxygen atoms in total. The Balaban J connectivity index is 2.16. The molecule has 0 amide bonds. The molecule has 1 aliphatic rings. The van der Waals surface area contributed by atoms with E-state index in [9.17, 15) is 8.78 Å².